The summed E-state index contributed by atoms with van der Waals surface area (Å²) in [7, 11) is -3.84. The zero-order valence-electron chi connectivity index (χ0n) is 22.7. The van der Waals surface area contributed by atoms with Gasteiger partial charge in [0, 0.05) is 37.0 Å². The predicted octanol–water partition coefficient (Wildman–Crippen LogP) is 5.39. The van der Waals surface area contributed by atoms with Crippen LogP contribution in [0.15, 0.2) is 95.0 Å². The summed E-state index contributed by atoms with van der Waals surface area (Å²) in [5.41, 5.74) is 6.75. The number of hydrogen-bond donors (Lipinski definition) is 2. The monoisotopic (exact) mass is 576 g/mol. The van der Waals surface area contributed by atoms with E-state index in [0.717, 1.165) is 63.7 Å². The summed E-state index contributed by atoms with van der Waals surface area (Å²) < 4.78 is 34.4. The van der Waals surface area contributed by atoms with E-state index in [2.05, 4.69) is 30.2 Å². The molecule has 4 heterocycles. The van der Waals surface area contributed by atoms with E-state index in [0.29, 0.717) is 40.9 Å². The standard InChI is InChI=1S/C32H28N6O3S/c39-42(40)31-17-21(23-3-1-5-27-25(23)19-33-35-27)7-9-29(31)38(12-11-37-13-15-41-16-14-37)30-10-8-22(18-32(30)42)24-4-2-6-28-26(24)20-34-36-28/h1-10,17-20H,11-16H2,(H,33,35)(H,34,36). The van der Waals surface area contributed by atoms with Gasteiger partial charge in [0.05, 0.1) is 57.8 Å². The van der Waals surface area contributed by atoms with Gasteiger partial charge in [-0.2, -0.15) is 10.2 Å². The Labute approximate surface area is 242 Å². The van der Waals surface area contributed by atoms with Crippen LogP contribution >= 0.6 is 0 Å². The summed E-state index contributed by atoms with van der Waals surface area (Å²) >= 11 is 0. The Bertz CT molecular complexity index is 1950. The molecule has 210 valence electrons. The van der Waals surface area contributed by atoms with Crippen LogP contribution in [0.3, 0.4) is 0 Å². The van der Waals surface area contributed by atoms with Crippen LogP contribution in [-0.4, -0.2) is 73.1 Å². The second-order valence-electron chi connectivity index (χ2n) is 10.7. The molecule has 8 rings (SSSR count). The van der Waals surface area contributed by atoms with E-state index in [1.807, 2.05) is 72.8 Å². The molecule has 0 aliphatic carbocycles. The van der Waals surface area contributed by atoms with Crippen molar-refractivity contribution in [3.05, 3.63) is 85.2 Å². The highest BCUT2D eigenvalue weighted by Crippen LogP contribution is 2.47. The molecule has 10 heteroatoms. The van der Waals surface area contributed by atoms with E-state index >= 15 is 0 Å². The number of aromatic nitrogens is 4. The van der Waals surface area contributed by atoms with Crippen molar-refractivity contribution in [3.63, 3.8) is 0 Å². The Morgan fingerprint density at radius 3 is 1.81 bits per heavy atom. The molecule has 1 fully saturated rings. The third-order valence-corrected chi connectivity index (χ3v) is 10.2. The number of sulfone groups is 1. The molecule has 2 aliphatic heterocycles. The van der Waals surface area contributed by atoms with Crippen molar-refractivity contribution in [2.75, 3.05) is 44.3 Å². The number of anilines is 2. The number of H-pyrrole nitrogens is 2. The first-order valence-electron chi connectivity index (χ1n) is 14.0. The third kappa shape index (κ3) is 4.02. The lowest BCUT2D eigenvalue weighted by molar-refractivity contribution is 0.0394. The van der Waals surface area contributed by atoms with Crippen molar-refractivity contribution in [2.45, 2.75) is 9.79 Å². The average Bonchev–Trinajstić information content (AvgIpc) is 3.71. The van der Waals surface area contributed by atoms with Crippen molar-refractivity contribution in [2.24, 2.45) is 0 Å². The molecule has 0 saturated carbocycles. The first kappa shape index (κ1) is 25.2. The fourth-order valence-electron chi connectivity index (χ4n) is 6.23. The number of rotatable bonds is 5. The number of ether oxygens (including phenoxy) is 1. The molecule has 6 aromatic rings. The Balaban J connectivity index is 1.28. The SMILES string of the molecule is O=S1(=O)c2cc(-c3cccc4[nH]ncc34)ccc2N(CCN2CCOCC2)c2ccc(-c3cccc4[nH]ncc34)cc21. The molecular formula is C32H28N6O3S. The molecule has 9 nitrogen and oxygen atoms in total. The second-order valence-corrected chi connectivity index (χ2v) is 12.6. The lowest BCUT2D eigenvalue weighted by atomic mass is 10.0. The maximum absolute atomic E-state index is 14.5. The molecule has 42 heavy (non-hydrogen) atoms. The minimum atomic E-state index is -3.84. The molecule has 2 aliphatic rings. The Morgan fingerprint density at radius 1 is 0.714 bits per heavy atom. The van der Waals surface area contributed by atoms with Gasteiger partial charge >= 0.3 is 0 Å². The molecule has 0 bridgehead atoms. The van der Waals surface area contributed by atoms with Crippen LogP contribution in [0, 0.1) is 0 Å². The molecule has 2 aromatic heterocycles. The van der Waals surface area contributed by atoms with E-state index in [4.69, 9.17) is 4.74 Å². The summed E-state index contributed by atoms with van der Waals surface area (Å²) in [6, 6.07) is 23.4. The van der Waals surface area contributed by atoms with E-state index < -0.39 is 9.84 Å². The molecule has 1 saturated heterocycles. The normalized spacial score (nSPS) is 16.5. The van der Waals surface area contributed by atoms with Crippen LogP contribution in [-0.2, 0) is 14.6 Å². The van der Waals surface area contributed by atoms with Crippen LogP contribution in [0.1, 0.15) is 0 Å². The Morgan fingerprint density at radius 2 is 1.26 bits per heavy atom. The number of morpholine rings is 1. The van der Waals surface area contributed by atoms with Gasteiger partial charge in [-0.15, -0.1) is 0 Å². The minimum absolute atomic E-state index is 0.314. The van der Waals surface area contributed by atoms with Gasteiger partial charge in [-0.1, -0.05) is 36.4 Å². The smallest absolute Gasteiger partial charge is 0.210 e. The molecule has 0 radical (unpaired) electrons. The minimum Gasteiger partial charge on any atom is -0.379 e. The second kappa shape index (κ2) is 9.80. The maximum atomic E-state index is 14.5. The fourth-order valence-corrected chi connectivity index (χ4v) is 7.94. The first-order valence-corrected chi connectivity index (χ1v) is 15.5. The third-order valence-electron chi connectivity index (χ3n) is 8.42. The molecular weight excluding hydrogens is 548 g/mol. The van der Waals surface area contributed by atoms with Gasteiger partial charge < -0.3 is 9.64 Å². The van der Waals surface area contributed by atoms with Gasteiger partial charge in [-0.05, 0) is 58.7 Å². The fraction of sp³-hybridized carbons (Fsp3) is 0.188. The summed E-state index contributed by atoms with van der Waals surface area (Å²) in [5, 5.41) is 16.3. The molecule has 0 amide bonds. The predicted molar refractivity (Wildman–Crippen MR) is 163 cm³/mol. The van der Waals surface area contributed by atoms with E-state index in [1.54, 1.807) is 12.4 Å². The lowest BCUT2D eigenvalue weighted by Gasteiger charge is -2.36. The topological polar surface area (TPSA) is 107 Å². The summed E-state index contributed by atoms with van der Waals surface area (Å²) in [6.45, 7) is 4.62. The zero-order valence-corrected chi connectivity index (χ0v) is 23.6. The van der Waals surface area contributed by atoms with Crippen LogP contribution in [0.25, 0.3) is 44.1 Å². The largest absolute Gasteiger partial charge is 0.379 e. The van der Waals surface area contributed by atoms with Crippen molar-refractivity contribution >= 4 is 43.0 Å². The Hall–Kier alpha value is -4.51. The number of benzene rings is 4. The number of nitrogens with one attached hydrogen (secondary N) is 2. The molecule has 4 aromatic carbocycles. The van der Waals surface area contributed by atoms with Crippen LogP contribution in [0.5, 0.6) is 0 Å². The summed E-state index contributed by atoms with van der Waals surface area (Å²) in [6.07, 6.45) is 3.57. The van der Waals surface area contributed by atoms with Gasteiger partial charge in [-0.25, -0.2) is 8.42 Å². The van der Waals surface area contributed by atoms with Crippen molar-refractivity contribution in [1.29, 1.82) is 0 Å². The highest BCUT2D eigenvalue weighted by atomic mass is 32.2. The molecule has 0 unspecified atom stereocenters. The number of hydrogen-bond acceptors (Lipinski definition) is 7. The maximum Gasteiger partial charge on any atom is 0.210 e. The van der Waals surface area contributed by atoms with Gasteiger partial charge in [0.1, 0.15) is 0 Å². The van der Waals surface area contributed by atoms with Crippen LogP contribution in [0.2, 0.25) is 0 Å². The average molecular weight is 577 g/mol. The molecule has 0 spiro atoms. The number of nitrogens with zero attached hydrogens (tertiary/aromatic N) is 4. The van der Waals surface area contributed by atoms with Gasteiger partial charge in [0.25, 0.3) is 0 Å². The molecule has 2 N–H and O–H groups in total. The van der Waals surface area contributed by atoms with Gasteiger partial charge in [0.15, 0.2) is 0 Å². The highest BCUT2D eigenvalue weighted by Gasteiger charge is 2.35. The summed E-state index contributed by atoms with van der Waals surface area (Å²) in [4.78, 5) is 5.15. The zero-order chi connectivity index (χ0) is 28.3. The van der Waals surface area contributed by atoms with Crippen molar-refractivity contribution < 1.29 is 13.2 Å². The Kier molecular flexibility index (Phi) is 5.88. The van der Waals surface area contributed by atoms with Gasteiger partial charge in [-0.3, -0.25) is 15.1 Å². The van der Waals surface area contributed by atoms with E-state index in [-0.39, 0.29) is 0 Å². The van der Waals surface area contributed by atoms with Gasteiger partial charge in [0.2, 0.25) is 9.84 Å². The first-order chi connectivity index (χ1) is 20.6. The van der Waals surface area contributed by atoms with E-state index in [1.165, 1.54) is 0 Å². The van der Waals surface area contributed by atoms with E-state index in [9.17, 15) is 8.42 Å². The summed E-state index contributed by atoms with van der Waals surface area (Å²) in [5.74, 6) is 0. The van der Waals surface area contributed by atoms with Crippen LogP contribution < -0.4 is 4.90 Å². The van der Waals surface area contributed by atoms with Crippen LogP contribution in [0.4, 0.5) is 11.4 Å². The number of fused-ring (bicyclic) bond motifs is 4. The molecule has 0 atom stereocenters. The van der Waals surface area contributed by atoms with Crippen molar-refractivity contribution in [1.82, 2.24) is 25.3 Å². The quantitative estimate of drug-likeness (QED) is 0.283. The highest BCUT2D eigenvalue weighted by molar-refractivity contribution is 7.92. The lowest BCUT2D eigenvalue weighted by Crippen LogP contribution is -2.41. The van der Waals surface area contributed by atoms with Crippen molar-refractivity contribution in [3.8, 4) is 22.3 Å². The number of aromatic amines is 2.